The molecule has 0 saturated carbocycles. The van der Waals surface area contributed by atoms with Gasteiger partial charge in [0.2, 0.25) is 0 Å². The second-order valence-electron chi connectivity index (χ2n) is 4.19. The second kappa shape index (κ2) is 4.49. The normalized spacial score (nSPS) is 10.5. The van der Waals surface area contributed by atoms with E-state index in [-0.39, 0.29) is 0 Å². The zero-order valence-corrected chi connectivity index (χ0v) is 10.4. The molecule has 1 aromatic heterocycles. The van der Waals surface area contributed by atoms with Crippen molar-refractivity contribution in [1.82, 2.24) is 9.78 Å². The monoisotopic (exact) mass is 231 g/mol. The van der Waals surface area contributed by atoms with Crippen LogP contribution in [0.1, 0.15) is 17.0 Å². The Morgan fingerprint density at radius 3 is 2.71 bits per heavy atom. The van der Waals surface area contributed by atoms with Gasteiger partial charge in [-0.05, 0) is 31.5 Å². The molecule has 17 heavy (non-hydrogen) atoms. The maximum Gasteiger partial charge on any atom is 0.115 e. The number of phenolic OH excluding ortho intramolecular Hbond substituents is 1. The number of nitrogens with one attached hydrogen (secondary N) is 1. The van der Waals surface area contributed by atoms with Crippen LogP contribution in [-0.4, -0.2) is 14.9 Å². The number of phenols is 1. The highest BCUT2D eigenvalue weighted by Crippen LogP contribution is 2.20. The number of benzene rings is 1. The Hall–Kier alpha value is -1.97. The van der Waals surface area contributed by atoms with E-state index >= 15 is 0 Å². The van der Waals surface area contributed by atoms with Crippen LogP contribution in [0.25, 0.3) is 0 Å². The molecule has 0 aliphatic rings. The molecule has 0 aliphatic carbocycles. The van der Waals surface area contributed by atoms with Crippen molar-refractivity contribution in [2.75, 3.05) is 5.32 Å². The van der Waals surface area contributed by atoms with E-state index in [0.717, 1.165) is 22.6 Å². The zero-order chi connectivity index (χ0) is 12.4. The molecule has 0 saturated heterocycles. The molecule has 0 aliphatic heterocycles. The molecule has 0 spiro atoms. The molecule has 0 unspecified atom stereocenters. The lowest BCUT2D eigenvalue weighted by molar-refractivity contribution is 0.474. The molecule has 0 atom stereocenters. The molecule has 2 rings (SSSR count). The van der Waals surface area contributed by atoms with Crippen LogP contribution < -0.4 is 5.32 Å². The van der Waals surface area contributed by atoms with E-state index in [1.807, 2.05) is 37.7 Å². The molecule has 0 amide bonds. The predicted octanol–water partition coefficient (Wildman–Crippen LogP) is 2.35. The number of aromatic nitrogens is 2. The third-order valence-electron chi connectivity index (χ3n) is 2.89. The van der Waals surface area contributed by atoms with Gasteiger partial charge in [-0.2, -0.15) is 5.10 Å². The minimum Gasteiger partial charge on any atom is -0.508 e. The van der Waals surface area contributed by atoms with E-state index in [2.05, 4.69) is 10.4 Å². The third kappa shape index (κ3) is 2.41. The van der Waals surface area contributed by atoms with E-state index in [0.29, 0.717) is 12.3 Å². The second-order valence-corrected chi connectivity index (χ2v) is 4.19. The molecule has 0 fully saturated rings. The Labute approximate surface area is 101 Å². The number of aryl methyl sites for hydroxylation is 2. The third-order valence-corrected chi connectivity index (χ3v) is 2.89. The van der Waals surface area contributed by atoms with E-state index in [4.69, 9.17) is 0 Å². The van der Waals surface area contributed by atoms with Gasteiger partial charge in [-0.3, -0.25) is 4.68 Å². The summed E-state index contributed by atoms with van der Waals surface area (Å²) in [5, 5.41) is 17.1. The van der Waals surface area contributed by atoms with Crippen molar-refractivity contribution < 1.29 is 5.11 Å². The van der Waals surface area contributed by atoms with Gasteiger partial charge in [0.15, 0.2) is 0 Å². The van der Waals surface area contributed by atoms with Crippen molar-refractivity contribution in [2.45, 2.75) is 20.4 Å². The van der Waals surface area contributed by atoms with E-state index in [9.17, 15) is 5.11 Å². The van der Waals surface area contributed by atoms with Gasteiger partial charge in [-0.1, -0.05) is 12.1 Å². The van der Waals surface area contributed by atoms with Crippen LogP contribution in [0.2, 0.25) is 0 Å². The Morgan fingerprint density at radius 1 is 1.35 bits per heavy atom. The summed E-state index contributed by atoms with van der Waals surface area (Å²) in [6.45, 7) is 4.70. The van der Waals surface area contributed by atoms with Crippen molar-refractivity contribution in [2.24, 2.45) is 7.05 Å². The summed E-state index contributed by atoms with van der Waals surface area (Å²) in [5.74, 6) is 0.295. The van der Waals surface area contributed by atoms with Gasteiger partial charge in [0.05, 0.1) is 17.1 Å². The van der Waals surface area contributed by atoms with Gasteiger partial charge in [0, 0.05) is 13.6 Å². The first kappa shape index (κ1) is 11.5. The molecule has 90 valence electrons. The van der Waals surface area contributed by atoms with Crippen LogP contribution in [0.3, 0.4) is 0 Å². The molecule has 2 aromatic rings. The van der Waals surface area contributed by atoms with Gasteiger partial charge in [0.25, 0.3) is 0 Å². The standard InChI is InChI=1S/C13H17N3O/c1-9-13(10(2)16(3)15-9)14-8-11-5-4-6-12(17)7-11/h4-7,14,17H,8H2,1-3H3. The summed E-state index contributed by atoms with van der Waals surface area (Å²) < 4.78 is 1.86. The average molecular weight is 231 g/mol. The summed E-state index contributed by atoms with van der Waals surface area (Å²) in [4.78, 5) is 0. The first-order valence-corrected chi connectivity index (χ1v) is 5.60. The van der Waals surface area contributed by atoms with Crippen molar-refractivity contribution >= 4 is 5.69 Å². The molecule has 1 aromatic carbocycles. The summed E-state index contributed by atoms with van der Waals surface area (Å²) in [6, 6.07) is 7.25. The number of anilines is 1. The minimum atomic E-state index is 0.295. The van der Waals surface area contributed by atoms with Crippen molar-refractivity contribution in [3.63, 3.8) is 0 Å². The first-order chi connectivity index (χ1) is 8.08. The van der Waals surface area contributed by atoms with Crippen LogP contribution in [0.4, 0.5) is 5.69 Å². The zero-order valence-electron chi connectivity index (χ0n) is 10.4. The topological polar surface area (TPSA) is 50.1 Å². The summed E-state index contributed by atoms with van der Waals surface area (Å²) in [6.07, 6.45) is 0. The van der Waals surface area contributed by atoms with E-state index in [1.165, 1.54) is 0 Å². The lowest BCUT2D eigenvalue weighted by Crippen LogP contribution is -2.01. The van der Waals surface area contributed by atoms with Gasteiger partial charge < -0.3 is 10.4 Å². The van der Waals surface area contributed by atoms with Gasteiger partial charge in [-0.15, -0.1) is 0 Å². The van der Waals surface area contributed by atoms with Crippen LogP contribution in [0.15, 0.2) is 24.3 Å². The summed E-state index contributed by atoms with van der Waals surface area (Å²) in [7, 11) is 1.93. The molecular formula is C13H17N3O. The largest absolute Gasteiger partial charge is 0.508 e. The number of rotatable bonds is 3. The Kier molecular flexibility index (Phi) is 3.04. The number of hydrogen-bond acceptors (Lipinski definition) is 3. The fourth-order valence-electron chi connectivity index (χ4n) is 1.89. The van der Waals surface area contributed by atoms with Crippen molar-refractivity contribution in [3.05, 3.63) is 41.2 Å². The highest BCUT2D eigenvalue weighted by Gasteiger charge is 2.08. The van der Waals surface area contributed by atoms with E-state index in [1.54, 1.807) is 12.1 Å². The fourth-order valence-corrected chi connectivity index (χ4v) is 1.89. The summed E-state index contributed by atoms with van der Waals surface area (Å²) in [5.41, 5.74) is 4.22. The number of aromatic hydroxyl groups is 1. The van der Waals surface area contributed by atoms with Gasteiger partial charge in [0.1, 0.15) is 5.75 Å². The fraction of sp³-hybridized carbons (Fsp3) is 0.308. The maximum absolute atomic E-state index is 9.38. The maximum atomic E-state index is 9.38. The summed E-state index contributed by atoms with van der Waals surface area (Å²) >= 11 is 0. The molecular weight excluding hydrogens is 214 g/mol. The first-order valence-electron chi connectivity index (χ1n) is 5.60. The predicted molar refractivity (Wildman–Crippen MR) is 68.1 cm³/mol. The van der Waals surface area contributed by atoms with E-state index < -0.39 is 0 Å². The van der Waals surface area contributed by atoms with Gasteiger partial charge in [-0.25, -0.2) is 0 Å². The molecule has 0 bridgehead atoms. The lowest BCUT2D eigenvalue weighted by Gasteiger charge is -2.07. The quantitative estimate of drug-likeness (QED) is 0.852. The number of nitrogens with zero attached hydrogens (tertiary/aromatic N) is 2. The Morgan fingerprint density at radius 2 is 2.12 bits per heavy atom. The molecule has 4 nitrogen and oxygen atoms in total. The smallest absolute Gasteiger partial charge is 0.115 e. The van der Waals surface area contributed by atoms with Crippen LogP contribution in [-0.2, 0) is 13.6 Å². The Bertz CT molecular complexity index is 531. The minimum absolute atomic E-state index is 0.295. The molecule has 4 heteroatoms. The molecule has 0 radical (unpaired) electrons. The molecule has 2 N–H and O–H groups in total. The highest BCUT2D eigenvalue weighted by molar-refractivity contribution is 5.52. The average Bonchev–Trinajstić information content (AvgIpc) is 2.51. The lowest BCUT2D eigenvalue weighted by atomic mass is 10.2. The number of hydrogen-bond donors (Lipinski definition) is 2. The van der Waals surface area contributed by atoms with Crippen LogP contribution in [0, 0.1) is 13.8 Å². The Balaban J connectivity index is 2.12. The van der Waals surface area contributed by atoms with Gasteiger partial charge >= 0.3 is 0 Å². The highest BCUT2D eigenvalue weighted by atomic mass is 16.3. The van der Waals surface area contributed by atoms with Crippen LogP contribution in [0.5, 0.6) is 5.75 Å². The SMILES string of the molecule is Cc1nn(C)c(C)c1NCc1cccc(O)c1. The van der Waals surface area contributed by atoms with Crippen molar-refractivity contribution in [1.29, 1.82) is 0 Å². The van der Waals surface area contributed by atoms with Crippen molar-refractivity contribution in [3.8, 4) is 5.75 Å². The van der Waals surface area contributed by atoms with Crippen LogP contribution >= 0.6 is 0 Å². The molecule has 1 heterocycles.